The van der Waals surface area contributed by atoms with Crippen molar-refractivity contribution in [3.63, 3.8) is 0 Å². The lowest BCUT2D eigenvalue weighted by molar-refractivity contribution is -0.127. The normalized spacial score (nSPS) is 15.9. The molecule has 7 nitrogen and oxygen atoms in total. The number of aliphatic imine (C=N–C) groups is 2. The molecule has 0 aromatic carbocycles. The summed E-state index contributed by atoms with van der Waals surface area (Å²) in [5.74, 6) is -1.10. The van der Waals surface area contributed by atoms with Crippen molar-refractivity contribution in [3.8, 4) is 0 Å². The Balaban J connectivity index is 0.000000202. The number of nitrogens with zero attached hydrogens (tertiary/aromatic N) is 2. The second kappa shape index (κ2) is 10.0. The fourth-order valence-corrected chi connectivity index (χ4v) is 6.32. The number of amides is 2. The number of carbonyl (C=O) groups excluding carboxylic acids is 2. The van der Waals surface area contributed by atoms with Crippen molar-refractivity contribution in [2.24, 2.45) is 9.98 Å². The Morgan fingerprint density at radius 3 is 1.72 bits per heavy atom. The third-order valence-corrected chi connectivity index (χ3v) is 8.03. The van der Waals surface area contributed by atoms with Crippen LogP contribution in [0.3, 0.4) is 0 Å². The van der Waals surface area contributed by atoms with E-state index in [0.29, 0.717) is 9.75 Å². The zero-order valence-electron chi connectivity index (χ0n) is 18.4. The minimum absolute atomic E-state index is 0.0178. The lowest BCUT2D eigenvalue weighted by Crippen LogP contribution is -2.21. The van der Waals surface area contributed by atoms with Crippen LogP contribution in [-0.2, 0) is 40.3 Å². The maximum absolute atomic E-state index is 12.3. The first-order chi connectivity index (χ1) is 16.4. The average Bonchev–Trinajstić information content (AvgIpc) is 3.28. The summed E-state index contributed by atoms with van der Waals surface area (Å²) in [5, 5.41) is -0.301. The second-order valence-electron chi connectivity index (χ2n) is 7.63. The molecule has 4 rings (SSSR count). The molecule has 2 aliphatic heterocycles. The van der Waals surface area contributed by atoms with Gasteiger partial charge in [0.25, 0.3) is 11.8 Å². The van der Waals surface area contributed by atoms with E-state index < -0.39 is 46.8 Å². The Labute approximate surface area is 208 Å². The van der Waals surface area contributed by atoms with E-state index in [0.717, 1.165) is 35.0 Å². The van der Waals surface area contributed by atoms with Crippen molar-refractivity contribution in [1.82, 2.24) is 0 Å². The van der Waals surface area contributed by atoms with Crippen molar-refractivity contribution < 1.29 is 49.1 Å². The van der Waals surface area contributed by atoms with Crippen molar-refractivity contribution in [1.29, 1.82) is 0 Å². The molecule has 2 aromatic rings. The number of sulfone groups is 1. The number of fused-ring (bicyclic) bond motifs is 2. The molecule has 0 spiro atoms. The predicted octanol–water partition coefficient (Wildman–Crippen LogP) is 4.59. The smallest absolute Gasteiger partial charge is 0.393 e. The highest BCUT2D eigenvalue weighted by Gasteiger charge is 2.33. The van der Waals surface area contributed by atoms with Gasteiger partial charge < -0.3 is 4.74 Å². The van der Waals surface area contributed by atoms with E-state index in [2.05, 4.69) is 9.98 Å². The van der Waals surface area contributed by atoms with Gasteiger partial charge in [-0.3, -0.25) is 9.59 Å². The highest BCUT2D eigenvalue weighted by atomic mass is 32.2. The van der Waals surface area contributed by atoms with Gasteiger partial charge in [-0.15, -0.1) is 22.7 Å². The topological polar surface area (TPSA) is 102 Å². The van der Waals surface area contributed by atoms with E-state index >= 15 is 0 Å². The van der Waals surface area contributed by atoms with Crippen LogP contribution in [0.1, 0.15) is 40.2 Å². The Kier molecular flexibility index (Phi) is 7.81. The summed E-state index contributed by atoms with van der Waals surface area (Å²) in [6.45, 7) is 0. The number of thiophene rings is 2. The molecule has 196 valence electrons. The van der Waals surface area contributed by atoms with Crippen molar-refractivity contribution >= 4 is 55.3 Å². The number of methoxy groups -OCH3 is 1. The molecule has 0 N–H and O–H groups in total. The first-order valence-corrected chi connectivity index (χ1v) is 13.3. The Morgan fingerprint density at radius 2 is 1.31 bits per heavy atom. The number of hydrogen-bond donors (Lipinski definition) is 0. The summed E-state index contributed by atoms with van der Waals surface area (Å²) in [4.78, 5) is 31.2. The summed E-state index contributed by atoms with van der Waals surface area (Å²) < 4.78 is 101. The van der Waals surface area contributed by atoms with Crippen LogP contribution in [0.5, 0.6) is 0 Å². The Bertz CT molecular complexity index is 1370. The molecular formula is C20H16F6N2O5S3. The van der Waals surface area contributed by atoms with Gasteiger partial charge in [-0.2, -0.15) is 31.3 Å². The Hall–Kier alpha value is -2.59. The number of rotatable bonds is 2. The molecule has 2 amide bonds. The number of carbonyl (C=O) groups is 2. The number of ether oxygens (including phenoxy) is 1. The third-order valence-electron chi connectivity index (χ3n) is 4.67. The maximum Gasteiger partial charge on any atom is 0.393 e. The SMILES string of the molecule is COC1=NC(=O)c2cc(CC(F)(F)F)sc2C1.CS(=O)(=O)C1=NC(=O)c2cc(CC(F)(F)F)sc2C1. The van der Waals surface area contributed by atoms with Crippen LogP contribution >= 0.6 is 22.7 Å². The molecule has 16 heteroatoms. The Morgan fingerprint density at radius 1 is 0.861 bits per heavy atom. The van der Waals surface area contributed by atoms with Gasteiger partial charge in [0, 0.05) is 32.2 Å². The molecule has 36 heavy (non-hydrogen) atoms. The van der Waals surface area contributed by atoms with Crippen LogP contribution in [-0.4, -0.2) is 56.9 Å². The van der Waals surface area contributed by atoms with Crippen molar-refractivity contribution in [2.45, 2.75) is 38.0 Å². The van der Waals surface area contributed by atoms with E-state index in [-0.39, 0.29) is 44.7 Å². The zero-order chi connectivity index (χ0) is 27.1. The standard InChI is InChI=1S/C10H8F3NO3S2.C10H8F3NO2S/c1-19(16,17)8-3-7-6(9(15)14-8)2-5(18-7)4-10(11,12)13;1-16-8-3-7-6(9(15)14-8)2-5(17-7)4-10(11,12)13/h2H,3-4H2,1H3;2H,3-4H2,1H3. The fraction of sp³-hybridized carbons (Fsp3) is 0.400. The fourth-order valence-electron chi connectivity index (χ4n) is 3.19. The summed E-state index contributed by atoms with van der Waals surface area (Å²) in [6.07, 6.45) is -9.71. The van der Waals surface area contributed by atoms with Crippen molar-refractivity contribution in [2.75, 3.05) is 13.4 Å². The predicted molar refractivity (Wildman–Crippen MR) is 121 cm³/mol. The number of halogens is 6. The van der Waals surface area contributed by atoms with Crippen LogP contribution in [0.15, 0.2) is 22.1 Å². The molecule has 0 atom stereocenters. The van der Waals surface area contributed by atoms with Gasteiger partial charge in [-0.25, -0.2) is 13.4 Å². The molecule has 4 heterocycles. The van der Waals surface area contributed by atoms with Crippen LogP contribution < -0.4 is 0 Å². The molecule has 0 radical (unpaired) electrons. The van der Waals surface area contributed by atoms with Crippen LogP contribution in [0.25, 0.3) is 0 Å². The minimum Gasteiger partial charge on any atom is -0.484 e. The summed E-state index contributed by atoms with van der Waals surface area (Å²) >= 11 is 1.78. The van der Waals surface area contributed by atoms with E-state index in [1.807, 2.05) is 0 Å². The summed E-state index contributed by atoms with van der Waals surface area (Å²) in [7, 11) is -2.24. The molecule has 0 unspecified atom stereocenters. The molecular weight excluding hydrogens is 558 g/mol. The second-order valence-corrected chi connectivity index (χ2v) is 12.1. The van der Waals surface area contributed by atoms with Gasteiger partial charge in [-0.1, -0.05) is 0 Å². The molecule has 0 saturated heterocycles. The lowest BCUT2D eigenvalue weighted by atomic mass is 10.1. The highest BCUT2D eigenvalue weighted by molar-refractivity contribution is 8.05. The summed E-state index contributed by atoms with van der Waals surface area (Å²) in [5.41, 5.74) is 0.326. The molecule has 2 aliphatic rings. The summed E-state index contributed by atoms with van der Waals surface area (Å²) in [6, 6.07) is 2.41. The highest BCUT2D eigenvalue weighted by Crippen LogP contribution is 2.33. The van der Waals surface area contributed by atoms with Crippen molar-refractivity contribution in [3.05, 3.63) is 42.8 Å². The van der Waals surface area contributed by atoms with Gasteiger partial charge >= 0.3 is 12.4 Å². The number of alkyl halides is 6. The van der Waals surface area contributed by atoms with Crippen LogP contribution in [0.2, 0.25) is 0 Å². The first-order valence-electron chi connectivity index (χ1n) is 9.79. The van der Waals surface area contributed by atoms with Gasteiger partial charge in [-0.05, 0) is 12.1 Å². The van der Waals surface area contributed by atoms with Gasteiger partial charge in [0.1, 0.15) is 5.04 Å². The van der Waals surface area contributed by atoms with Crippen LogP contribution in [0, 0.1) is 0 Å². The van der Waals surface area contributed by atoms with E-state index in [1.54, 1.807) is 0 Å². The largest absolute Gasteiger partial charge is 0.484 e. The van der Waals surface area contributed by atoms with Gasteiger partial charge in [0.15, 0.2) is 15.7 Å². The van der Waals surface area contributed by atoms with Crippen LogP contribution in [0.4, 0.5) is 26.3 Å². The third kappa shape index (κ3) is 7.22. The minimum atomic E-state index is -4.36. The van der Waals surface area contributed by atoms with E-state index in [9.17, 15) is 44.3 Å². The zero-order valence-corrected chi connectivity index (χ0v) is 20.9. The van der Waals surface area contributed by atoms with E-state index in [1.165, 1.54) is 13.2 Å². The molecule has 0 bridgehead atoms. The molecule has 2 aromatic heterocycles. The lowest BCUT2D eigenvalue weighted by Gasteiger charge is -2.08. The quantitative estimate of drug-likeness (QED) is 0.489. The van der Waals surface area contributed by atoms with Gasteiger partial charge in [0.2, 0.25) is 0 Å². The monoisotopic (exact) mass is 574 g/mol. The molecule has 0 aliphatic carbocycles. The maximum atomic E-state index is 12.3. The molecule has 0 saturated carbocycles. The first kappa shape index (κ1) is 28.0. The number of hydrogen-bond acceptors (Lipinski definition) is 7. The van der Waals surface area contributed by atoms with Gasteiger partial charge in [0.05, 0.1) is 37.5 Å². The molecule has 0 fully saturated rings. The average molecular weight is 575 g/mol. The van der Waals surface area contributed by atoms with E-state index in [4.69, 9.17) is 4.74 Å².